The van der Waals surface area contributed by atoms with Crippen LogP contribution in [0.1, 0.15) is 26.3 Å². The van der Waals surface area contributed by atoms with Crippen LogP contribution in [0.4, 0.5) is 0 Å². The van der Waals surface area contributed by atoms with Crippen LogP contribution in [0.2, 0.25) is 0 Å². The van der Waals surface area contributed by atoms with Gasteiger partial charge in [-0.1, -0.05) is 34.1 Å². The fourth-order valence-corrected chi connectivity index (χ4v) is 2.97. The Labute approximate surface area is 183 Å². The van der Waals surface area contributed by atoms with E-state index in [-0.39, 0.29) is 5.78 Å². The van der Waals surface area contributed by atoms with Crippen molar-refractivity contribution in [3.63, 3.8) is 0 Å². The molecule has 0 aliphatic carbocycles. The predicted molar refractivity (Wildman–Crippen MR) is 118 cm³/mol. The molecule has 0 atom stereocenters. The summed E-state index contributed by atoms with van der Waals surface area (Å²) in [6, 6.07) is 18.9. The number of allylic oxidation sites excluding steroid dienone is 1. The molecule has 0 amide bonds. The third-order valence-corrected chi connectivity index (χ3v) is 4.81. The van der Waals surface area contributed by atoms with E-state index in [2.05, 4.69) is 15.9 Å². The normalized spacial score (nSPS) is 10.6. The Morgan fingerprint density at radius 2 is 1.47 bits per heavy atom. The zero-order valence-electron chi connectivity index (χ0n) is 16.4. The smallest absolute Gasteiger partial charge is 0.343 e. The highest BCUT2D eigenvalue weighted by molar-refractivity contribution is 9.10. The summed E-state index contributed by atoms with van der Waals surface area (Å²) in [5, 5.41) is 0. The van der Waals surface area contributed by atoms with E-state index in [9.17, 15) is 9.59 Å². The highest BCUT2D eigenvalue weighted by Gasteiger charge is 2.14. The summed E-state index contributed by atoms with van der Waals surface area (Å²) in [4.78, 5) is 25.0. The monoisotopic (exact) mass is 466 g/mol. The molecule has 30 heavy (non-hydrogen) atoms. The Morgan fingerprint density at radius 3 is 2.17 bits per heavy atom. The minimum Gasteiger partial charge on any atom is -0.493 e. The molecule has 6 heteroatoms. The minimum atomic E-state index is -0.545. The topological polar surface area (TPSA) is 61.8 Å². The molecule has 152 valence electrons. The van der Waals surface area contributed by atoms with Gasteiger partial charge in [-0.05, 0) is 60.7 Å². The van der Waals surface area contributed by atoms with Gasteiger partial charge in [-0.3, -0.25) is 4.79 Å². The maximum absolute atomic E-state index is 12.6. The number of methoxy groups -OCH3 is 2. The lowest BCUT2D eigenvalue weighted by Crippen LogP contribution is -2.09. The summed E-state index contributed by atoms with van der Waals surface area (Å²) >= 11 is 3.35. The van der Waals surface area contributed by atoms with E-state index >= 15 is 0 Å². The average molecular weight is 467 g/mol. The number of esters is 1. The number of halogens is 1. The van der Waals surface area contributed by atoms with Crippen LogP contribution in [-0.2, 0) is 0 Å². The van der Waals surface area contributed by atoms with Crippen LogP contribution in [0.5, 0.6) is 17.2 Å². The number of hydrogen-bond acceptors (Lipinski definition) is 5. The summed E-state index contributed by atoms with van der Waals surface area (Å²) in [6.07, 6.45) is 3.08. The molecule has 0 aliphatic rings. The number of carbonyl (C=O) groups is 2. The maximum atomic E-state index is 12.6. The van der Waals surface area contributed by atoms with Gasteiger partial charge in [-0.2, -0.15) is 0 Å². The quantitative estimate of drug-likeness (QED) is 0.197. The zero-order valence-corrected chi connectivity index (χ0v) is 18.0. The van der Waals surface area contributed by atoms with Crippen LogP contribution in [-0.4, -0.2) is 26.0 Å². The molecule has 0 N–H and O–H groups in total. The van der Waals surface area contributed by atoms with Crippen LogP contribution in [0.3, 0.4) is 0 Å². The van der Waals surface area contributed by atoms with Gasteiger partial charge in [-0.15, -0.1) is 0 Å². The van der Waals surface area contributed by atoms with Gasteiger partial charge < -0.3 is 14.2 Å². The lowest BCUT2D eigenvalue weighted by atomic mass is 10.1. The Hall–Kier alpha value is -3.38. The number of rotatable bonds is 7. The van der Waals surface area contributed by atoms with Crippen molar-refractivity contribution < 1.29 is 23.8 Å². The summed E-state index contributed by atoms with van der Waals surface area (Å²) in [5.74, 6) is 0.598. The molecule has 0 saturated heterocycles. The van der Waals surface area contributed by atoms with Crippen LogP contribution in [0, 0.1) is 0 Å². The third-order valence-electron chi connectivity index (χ3n) is 4.28. The number of carbonyl (C=O) groups excluding carboxylic acids is 2. The fraction of sp³-hybridized carbons (Fsp3) is 0.0833. The van der Waals surface area contributed by atoms with Crippen LogP contribution in [0.25, 0.3) is 6.08 Å². The summed E-state index contributed by atoms with van der Waals surface area (Å²) in [5.41, 5.74) is 1.49. The molecule has 0 fully saturated rings. The van der Waals surface area contributed by atoms with Gasteiger partial charge in [0.1, 0.15) is 5.75 Å². The van der Waals surface area contributed by atoms with Crippen molar-refractivity contribution in [1.82, 2.24) is 0 Å². The first-order valence-electron chi connectivity index (χ1n) is 9.03. The van der Waals surface area contributed by atoms with Crippen molar-refractivity contribution in [3.05, 3.63) is 94.0 Å². The summed E-state index contributed by atoms with van der Waals surface area (Å²) in [6.45, 7) is 0. The highest BCUT2D eigenvalue weighted by atomic mass is 79.9. The first kappa shape index (κ1) is 21.3. The second-order valence-electron chi connectivity index (χ2n) is 6.20. The molecular weight excluding hydrogens is 448 g/mol. The Balaban J connectivity index is 1.79. The van der Waals surface area contributed by atoms with Crippen molar-refractivity contribution in [2.45, 2.75) is 0 Å². The molecule has 5 nitrogen and oxygen atoms in total. The van der Waals surface area contributed by atoms with Gasteiger partial charge in [0.15, 0.2) is 17.3 Å². The second kappa shape index (κ2) is 9.89. The molecule has 0 radical (unpaired) electrons. The summed E-state index contributed by atoms with van der Waals surface area (Å²) in [7, 11) is 3.02. The minimum absolute atomic E-state index is 0.150. The Kier molecular flexibility index (Phi) is 7.03. The molecular formula is C24H19BrO5. The zero-order chi connectivity index (χ0) is 21.5. The van der Waals surface area contributed by atoms with Gasteiger partial charge in [0.25, 0.3) is 0 Å². The standard InChI is InChI=1S/C24H19BrO5/c1-28-22-14-10-18(15-23(22)29-2)24(27)30-21-6-4-3-5-17(21)9-13-20(26)16-7-11-19(25)12-8-16/h3-15H,1-2H3. The molecule has 3 aromatic rings. The van der Waals surface area contributed by atoms with E-state index in [1.807, 2.05) is 0 Å². The lowest BCUT2D eigenvalue weighted by Gasteiger charge is -2.10. The largest absolute Gasteiger partial charge is 0.493 e. The lowest BCUT2D eigenvalue weighted by molar-refractivity contribution is 0.0733. The number of hydrogen-bond donors (Lipinski definition) is 0. The molecule has 0 aliphatic heterocycles. The molecule has 0 spiro atoms. The number of ketones is 1. The van der Waals surface area contributed by atoms with E-state index in [1.165, 1.54) is 20.3 Å². The molecule has 3 aromatic carbocycles. The molecule has 0 heterocycles. The SMILES string of the molecule is COc1ccc(C(=O)Oc2ccccc2C=CC(=O)c2ccc(Br)cc2)cc1OC. The van der Waals surface area contributed by atoms with E-state index in [4.69, 9.17) is 14.2 Å². The van der Waals surface area contributed by atoms with Crippen molar-refractivity contribution in [2.75, 3.05) is 14.2 Å². The van der Waals surface area contributed by atoms with Crippen molar-refractivity contribution in [3.8, 4) is 17.2 Å². The molecule has 3 rings (SSSR count). The molecule has 0 saturated carbocycles. The second-order valence-corrected chi connectivity index (χ2v) is 7.12. The van der Waals surface area contributed by atoms with E-state index in [1.54, 1.807) is 72.8 Å². The first-order valence-corrected chi connectivity index (χ1v) is 9.82. The van der Waals surface area contributed by atoms with E-state index < -0.39 is 5.97 Å². The maximum Gasteiger partial charge on any atom is 0.343 e. The van der Waals surface area contributed by atoms with Crippen molar-refractivity contribution in [1.29, 1.82) is 0 Å². The Bertz CT molecular complexity index is 1090. The van der Waals surface area contributed by atoms with Gasteiger partial charge in [0.05, 0.1) is 19.8 Å². The van der Waals surface area contributed by atoms with E-state index in [0.29, 0.717) is 33.9 Å². The Morgan fingerprint density at radius 1 is 0.800 bits per heavy atom. The molecule has 0 aromatic heterocycles. The summed E-state index contributed by atoms with van der Waals surface area (Å²) < 4.78 is 16.9. The van der Waals surface area contributed by atoms with E-state index in [0.717, 1.165) is 4.47 Å². The third kappa shape index (κ3) is 5.15. The average Bonchev–Trinajstić information content (AvgIpc) is 2.78. The van der Waals surface area contributed by atoms with Gasteiger partial charge in [0.2, 0.25) is 0 Å². The van der Waals surface area contributed by atoms with Crippen molar-refractivity contribution >= 4 is 33.8 Å². The van der Waals surface area contributed by atoms with Crippen LogP contribution >= 0.6 is 15.9 Å². The highest BCUT2D eigenvalue weighted by Crippen LogP contribution is 2.28. The molecule has 0 bridgehead atoms. The number of para-hydroxylation sites is 1. The first-order chi connectivity index (χ1) is 14.5. The van der Waals surface area contributed by atoms with Gasteiger partial charge in [0, 0.05) is 15.6 Å². The van der Waals surface area contributed by atoms with Crippen LogP contribution < -0.4 is 14.2 Å². The van der Waals surface area contributed by atoms with Gasteiger partial charge in [-0.25, -0.2) is 4.79 Å². The number of benzene rings is 3. The van der Waals surface area contributed by atoms with Gasteiger partial charge >= 0.3 is 5.97 Å². The number of ether oxygens (including phenoxy) is 3. The molecule has 0 unspecified atom stereocenters. The van der Waals surface area contributed by atoms with Crippen LogP contribution in [0.15, 0.2) is 77.3 Å². The van der Waals surface area contributed by atoms with Crippen molar-refractivity contribution in [2.24, 2.45) is 0 Å². The predicted octanol–water partition coefficient (Wildman–Crippen LogP) is 5.58. The fourth-order valence-electron chi connectivity index (χ4n) is 2.71.